The van der Waals surface area contributed by atoms with Crippen LogP contribution in [0.25, 0.3) is 0 Å². The van der Waals surface area contributed by atoms with E-state index < -0.39 is 5.97 Å². The lowest BCUT2D eigenvalue weighted by atomic mass is 10.2. The number of nitrogens with zero attached hydrogens (tertiary/aromatic N) is 1. The second-order valence-corrected chi connectivity index (χ2v) is 5.88. The molecule has 0 saturated carbocycles. The van der Waals surface area contributed by atoms with Gasteiger partial charge in [0.15, 0.2) is 18.1 Å². The van der Waals surface area contributed by atoms with Gasteiger partial charge in [-0.05, 0) is 45.4 Å². The SMILES string of the molecule is C=C(C)CN(CC)C(=O)COC(=O)c1ccc(OCCC)c(OCC)c1. The van der Waals surface area contributed by atoms with E-state index in [0.29, 0.717) is 43.4 Å². The van der Waals surface area contributed by atoms with Crippen LogP contribution in [0.1, 0.15) is 44.5 Å². The van der Waals surface area contributed by atoms with E-state index in [1.807, 2.05) is 27.7 Å². The Hall–Kier alpha value is -2.50. The highest BCUT2D eigenvalue weighted by Crippen LogP contribution is 2.29. The summed E-state index contributed by atoms with van der Waals surface area (Å²) >= 11 is 0. The molecule has 6 nitrogen and oxygen atoms in total. The lowest BCUT2D eigenvalue weighted by Crippen LogP contribution is -2.35. The smallest absolute Gasteiger partial charge is 0.338 e. The van der Waals surface area contributed by atoms with Gasteiger partial charge in [-0.1, -0.05) is 19.1 Å². The normalized spacial score (nSPS) is 10.2. The topological polar surface area (TPSA) is 65.1 Å². The van der Waals surface area contributed by atoms with Crippen molar-refractivity contribution in [3.8, 4) is 11.5 Å². The summed E-state index contributed by atoms with van der Waals surface area (Å²) in [5, 5.41) is 0. The van der Waals surface area contributed by atoms with E-state index in [1.165, 1.54) is 0 Å². The molecule has 6 heteroatoms. The monoisotopic (exact) mass is 363 g/mol. The van der Waals surface area contributed by atoms with Crippen molar-refractivity contribution in [2.45, 2.75) is 34.1 Å². The molecule has 0 N–H and O–H groups in total. The molecule has 0 aromatic heterocycles. The molecule has 144 valence electrons. The van der Waals surface area contributed by atoms with Crippen molar-refractivity contribution in [2.24, 2.45) is 0 Å². The molecule has 0 bridgehead atoms. The summed E-state index contributed by atoms with van der Waals surface area (Å²) in [6.07, 6.45) is 0.871. The van der Waals surface area contributed by atoms with E-state index in [1.54, 1.807) is 23.1 Å². The maximum absolute atomic E-state index is 12.3. The van der Waals surface area contributed by atoms with Gasteiger partial charge in [0.05, 0.1) is 18.8 Å². The Morgan fingerprint density at radius 1 is 1.12 bits per heavy atom. The van der Waals surface area contributed by atoms with Crippen LogP contribution in [-0.2, 0) is 9.53 Å². The number of esters is 1. The van der Waals surface area contributed by atoms with E-state index in [0.717, 1.165) is 12.0 Å². The zero-order valence-electron chi connectivity index (χ0n) is 16.2. The lowest BCUT2D eigenvalue weighted by molar-refractivity contribution is -0.133. The number of amides is 1. The summed E-state index contributed by atoms with van der Waals surface area (Å²) in [5.41, 5.74) is 1.18. The Labute approximate surface area is 155 Å². The van der Waals surface area contributed by atoms with Crippen LogP contribution in [0.5, 0.6) is 11.5 Å². The first-order chi connectivity index (χ1) is 12.4. The van der Waals surface area contributed by atoms with E-state index in [-0.39, 0.29) is 12.5 Å². The third-order valence-electron chi connectivity index (χ3n) is 3.46. The number of rotatable bonds is 11. The first-order valence-corrected chi connectivity index (χ1v) is 8.91. The molecule has 26 heavy (non-hydrogen) atoms. The van der Waals surface area contributed by atoms with Gasteiger partial charge in [0.1, 0.15) is 0 Å². The van der Waals surface area contributed by atoms with Crippen molar-refractivity contribution >= 4 is 11.9 Å². The molecular formula is C20H29NO5. The van der Waals surface area contributed by atoms with Crippen LogP contribution >= 0.6 is 0 Å². The molecule has 0 spiro atoms. The summed E-state index contributed by atoms with van der Waals surface area (Å²) in [6, 6.07) is 4.86. The number of hydrogen-bond acceptors (Lipinski definition) is 5. The van der Waals surface area contributed by atoms with Gasteiger partial charge in [-0.15, -0.1) is 0 Å². The fraction of sp³-hybridized carbons (Fsp3) is 0.500. The highest BCUT2D eigenvalue weighted by molar-refractivity contribution is 5.92. The van der Waals surface area contributed by atoms with Crippen molar-refractivity contribution in [1.82, 2.24) is 4.90 Å². The van der Waals surface area contributed by atoms with Crippen molar-refractivity contribution in [3.63, 3.8) is 0 Å². The van der Waals surface area contributed by atoms with E-state index in [9.17, 15) is 9.59 Å². The average Bonchev–Trinajstić information content (AvgIpc) is 2.62. The first kappa shape index (κ1) is 21.5. The van der Waals surface area contributed by atoms with Gasteiger partial charge in [0, 0.05) is 13.1 Å². The van der Waals surface area contributed by atoms with Gasteiger partial charge in [-0.3, -0.25) is 4.79 Å². The van der Waals surface area contributed by atoms with Crippen LogP contribution < -0.4 is 9.47 Å². The standard InChI is InChI=1S/C20H29NO5/c1-6-11-25-17-10-9-16(12-18(17)24-8-3)20(23)26-14-19(22)21(7-2)13-15(4)5/h9-10,12H,4,6-8,11,13-14H2,1-3,5H3. The van der Waals surface area contributed by atoms with Crippen LogP contribution in [0.4, 0.5) is 0 Å². The third kappa shape index (κ3) is 6.78. The minimum absolute atomic E-state index is 0.253. The van der Waals surface area contributed by atoms with Crippen molar-refractivity contribution in [3.05, 3.63) is 35.9 Å². The quantitative estimate of drug-likeness (QED) is 0.445. The molecule has 0 atom stereocenters. The fourth-order valence-electron chi connectivity index (χ4n) is 2.24. The predicted molar refractivity (Wildman–Crippen MR) is 101 cm³/mol. The van der Waals surface area contributed by atoms with Crippen molar-refractivity contribution in [2.75, 3.05) is 32.9 Å². The zero-order chi connectivity index (χ0) is 19.5. The van der Waals surface area contributed by atoms with Crippen molar-refractivity contribution < 1.29 is 23.8 Å². The molecule has 1 rings (SSSR count). The Morgan fingerprint density at radius 3 is 2.42 bits per heavy atom. The number of carbonyl (C=O) groups is 2. The molecule has 0 heterocycles. The molecule has 0 aliphatic carbocycles. The Balaban J connectivity index is 2.75. The Morgan fingerprint density at radius 2 is 1.85 bits per heavy atom. The van der Waals surface area contributed by atoms with Gasteiger partial charge in [0.25, 0.3) is 5.91 Å². The summed E-state index contributed by atoms with van der Waals surface area (Å²) in [5.74, 6) is 0.239. The minimum Gasteiger partial charge on any atom is -0.490 e. The highest BCUT2D eigenvalue weighted by Gasteiger charge is 2.17. The molecule has 1 aromatic rings. The number of benzene rings is 1. The van der Waals surface area contributed by atoms with Gasteiger partial charge < -0.3 is 19.1 Å². The largest absolute Gasteiger partial charge is 0.490 e. The van der Waals surface area contributed by atoms with Crippen LogP contribution in [-0.4, -0.2) is 49.7 Å². The van der Waals surface area contributed by atoms with Gasteiger partial charge in [0.2, 0.25) is 0 Å². The highest BCUT2D eigenvalue weighted by atomic mass is 16.5. The molecule has 1 aromatic carbocycles. The summed E-state index contributed by atoms with van der Waals surface area (Å²) < 4.78 is 16.3. The van der Waals surface area contributed by atoms with Gasteiger partial charge in [-0.2, -0.15) is 0 Å². The second-order valence-electron chi connectivity index (χ2n) is 5.88. The molecule has 0 aliphatic rings. The zero-order valence-corrected chi connectivity index (χ0v) is 16.2. The molecule has 1 amide bonds. The van der Waals surface area contributed by atoms with Crippen LogP contribution in [0, 0.1) is 0 Å². The molecule has 0 unspecified atom stereocenters. The number of hydrogen-bond donors (Lipinski definition) is 0. The van der Waals surface area contributed by atoms with Crippen LogP contribution in [0.3, 0.4) is 0 Å². The molecular weight excluding hydrogens is 334 g/mol. The average molecular weight is 363 g/mol. The van der Waals surface area contributed by atoms with E-state index >= 15 is 0 Å². The third-order valence-corrected chi connectivity index (χ3v) is 3.46. The van der Waals surface area contributed by atoms with E-state index in [4.69, 9.17) is 14.2 Å². The Bertz CT molecular complexity index is 627. The van der Waals surface area contributed by atoms with Crippen molar-refractivity contribution in [1.29, 1.82) is 0 Å². The predicted octanol–water partition coefficient (Wildman–Crippen LogP) is 3.46. The Kier molecular flexibility index (Phi) is 9.26. The molecule has 0 aliphatic heterocycles. The second kappa shape index (κ2) is 11.2. The maximum atomic E-state index is 12.3. The van der Waals surface area contributed by atoms with E-state index in [2.05, 4.69) is 6.58 Å². The first-order valence-electron chi connectivity index (χ1n) is 8.91. The summed E-state index contributed by atoms with van der Waals surface area (Å²) in [6.45, 7) is 13.1. The maximum Gasteiger partial charge on any atom is 0.338 e. The van der Waals surface area contributed by atoms with Gasteiger partial charge >= 0.3 is 5.97 Å². The fourth-order valence-corrected chi connectivity index (χ4v) is 2.24. The lowest BCUT2D eigenvalue weighted by Gasteiger charge is -2.20. The molecule has 0 fully saturated rings. The van der Waals surface area contributed by atoms with Gasteiger partial charge in [-0.25, -0.2) is 4.79 Å². The molecule has 0 saturated heterocycles. The molecule has 0 radical (unpaired) electrons. The minimum atomic E-state index is -0.576. The van der Waals surface area contributed by atoms with Crippen LogP contribution in [0.15, 0.2) is 30.4 Å². The number of ether oxygens (including phenoxy) is 3. The summed E-state index contributed by atoms with van der Waals surface area (Å²) in [7, 11) is 0. The number of likely N-dealkylation sites (N-methyl/N-ethyl adjacent to an activating group) is 1. The van der Waals surface area contributed by atoms with Crippen LogP contribution in [0.2, 0.25) is 0 Å². The number of carbonyl (C=O) groups excluding carboxylic acids is 2. The summed E-state index contributed by atoms with van der Waals surface area (Å²) in [4.78, 5) is 26.0.